The lowest BCUT2D eigenvalue weighted by Gasteiger charge is -2.30. The minimum absolute atomic E-state index is 0.132. The Balaban J connectivity index is 2.05. The second-order valence-corrected chi connectivity index (χ2v) is 4.55. The van der Waals surface area contributed by atoms with E-state index >= 15 is 0 Å². The van der Waals surface area contributed by atoms with Gasteiger partial charge in [0.1, 0.15) is 5.69 Å². The lowest BCUT2D eigenvalue weighted by atomic mass is 9.98. The minimum atomic E-state index is -0.245. The number of H-pyrrole nitrogens is 1. The molecular formula is C12H17N3O3. The average molecular weight is 251 g/mol. The van der Waals surface area contributed by atoms with Crippen LogP contribution in [0.25, 0.3) is 0 Å². The van der Waals surface area contributed by atoms with Crippen molar-refractivity contribution >= 4 is 11.9 Å². The van der Waals surface area contributed by atoms with Crippen molar-refractivity contribution in [3.8, 4) is 0 Å². The first kappa shape index (κ1) is 12.6. The number of likely N-dealkylation sites (tertiary alicyclic amines) is 1. The zero-order valence-electron chi connectivity index (χ0n) is 10.6. The normalized spacial score (nSPS) is 19.7. The van der Waals surface area contributed by atoms with E-state index in [1.807, 2.05) is 6.92 Å². The molecule has 0 aromatic carbocycles. The van der Waals surface area contributed by atoms with Gasteiger partial charge in [0.05, 0.1) is 13.0 Å². The van der Waals surface area contributed by atoms with Crippen molar-refractivity contribution in [2.45, 2.75) is 19.8 Å². The predicted molar refractivity (Wildman–Crippen MR) is 64.0 cm³/mol. The molecular weight excluding hydrogens is 234 g/mol. The molecule has 1 aromatic heterocycles. The number of aryl methyl sites for hydroxylation is 1. The SMILES string of the molecule is COC(=O)[C@H]1CCCN(C(=O)c2cc(C)[nH]n2)C1. The molecule has 0 unspecified atom stereocenters. The van der Waals surface area contributed by atoms with Gasteiger partial charge in [-0.15, -0.1) is 0 Å². The Bertz CT molecular complexity index is 455. The Morgan fingerprint density at radius 1 is 1.56 bits per heavy atom. The molecule has 1 N–H and O–H groups in total. The quantitative estimate of drug-likeness (QED) is 0.787. The van der Waals surface area contributed by atoms with Gasteiger partial charge in [-0.1, -0.05) is 0 Å². The second kappa shape index (κ2) is 5.20. The summed E-state index contributed by atoms with van der Waals surface area (Å²) in [7, 11) is 1.38. The van der Waals surface area contributed by atoms with Crippen molar-refractivity contribution in [2.75, 3.05) is 20.2 Å². The van der Waals surface area contributed by atoms with Crippen LogP contribution in [0.15, 0.2) is 6.07 Å². The Morgan fingerprint density at radius 2 is 2.33 bits per heavy atom. The summed E-state index contributed by atoms with van der Waals surface area (Å²) < 4.78 is 4.73. The van der Waals surface area contributed by atoms with Gasteiger partial charge in [-0.05, 0) is 25.8 Å². The summed E-state index contributed by atoms with van der Waals surface area (Å²) in [5, 5.41) is 6.69. The number of ether oxygens (including phenoxy) is 1. The van der Waals surface area contributed by atoms with Gasteiger partial charge in [-0.3, -0.25) is 14.7 Å². The smallest absolute Gasteiger partial charge is 0.310 e. The maximum Gasteiger partial charge on any atom is 0.310 e. The maximum atomic E-state index is 12.2. The highest BCUT2D eigenvalue weighted by atomic mass is 16.5. The average Bonchev–Trinajstić information content (AvgIpc) is 2.83. The van der Waals surface area contributed by atoms with Crippen LogP contribution in [0.1, 0.15) is 29.0 Å². The Kier molecular flexibility index (Phi) is 3.64. The van der Waals surface area contributed by atoms with Crippen LogP contribution < -0.4 is 0 Å². The van der Waals surface area contributed by atoms with Crippen LogP contribution in [0, 0.1) is 12.8 Å². The van der Waals surface area contributed by atoms with Gasteiger partial charge in [0.15, 0.2) is 0 Å². The zero-order chi connectivity index (χ0) is 13.1. The van der Waals surface area contributed by atoms with Crippen molar-refractivity contribution in [1.82, 2.24) is 15.1 Å². The van der Waals surface area contributed by atoms with E-state index in [1.54, 1.807) is 11.0 Å². The lowest BCUT2D eigenvalue weighted by molar-refractivity contribution is -0.146. The number of rotatable bonds is 2. The van der Waals surface area contributed by atoms with Crippen molar-refractivity contribution < 1.29 is 14.3 Å². The van der Waals surface area contributed by atoms with Crippen molar-refractivity contribution in [2.24, 2.45) is 5.92 Å². The molecule has 1 atom stereocenters. The zero-order valence-corrected chi connectivity index (χ0v) is 10.6. The summed E-state index contributed by atoms with van der Waals surface area (Å²) in [5.41, 5.74) is 1.25. The van der Waals surface area contributed by atoms with E-state index in [2.05, 4.69) is 10.2 Å². The Hall–Kier alpha value is -1.85. The van der Waals surface area contributed by atoms with Gasteiger partial charge < -0.3 is 9.64 Å². The number of hydrogen-bond acceptors (Lipinski definition) is 4. The molecule has 2 heterocycles. The van der Waals surface area contributed by atoms with E-state index in [1.165, 1.54) is 7.11 Å². The highest BCUT2D eigenvalue weighted by molar-refractivity contribution is 5.92. The van der Waals surface area contributed by atoms with Crippen LogP contribution in [0.5, 0.6) is 0 Å². The van der Waals surface area contributed by atoms with E-state index in [0.717, 1.165) is 18.5 Å². The number of esters is 1. The number of nitrogens with zero attached hydrogens (tertiary/aromatic N) is 2. The number of aromatic nitrogens is 2. The van der Waals surface area contributed by atoms with Crippen molar-refractivity contribution in [3.63, 3.8) is 0 Å². The largest absolute Gasteiger partial charge is 0.469 e. The van der Waals surface area contributed by atoms with Crippen LogP contribution in [-0.2, 0) is 9.53 Å². The van der Waals surface area contributed by atoms with E-state index in [0.29, 0.717) is 18.8 Å². The van der Waals surface area contributed by atoms with Gasteiger partial charge in [0.2, 0.25) is 0 Å². The number of methoxy groups -OCH3 is 1. The molecule has 0 radical (unpaired) electrons. The molecule has 1 aliphatic rings. The first-order chi connectivity index (χ1) is 8.61. The fourth-order valence-corrected chi connectivity index (χ4v) is 2.21. The van der Waals surface area contributed by atoms with Gasteiger partial charge in [-0.2, -0.15) is 5.10 Å². The third kappa shape index (κ3) is 2.52. The van der Waals surface area contributed by atoms with Gasteiger partial charge >= 0.3 is 5.97 Å². The van der Waals surface area contributed by atoms with E-state index in [-0.39, 0.29) is 17.8 Å². The summed E-state index contributed by atoms with van der Waals surface area (Å²) in [4.78, 5) is 25.3. The molecule has 0 bridgehead atoms. The molecule has 1 saturated heterocycles. The molecule has 0 saturated carbocycles. The number of carbonyl (C=O) groups is 2. The molecule has 6 heteroatoms. The summed E-state index contributed by atoms with van der Waals surface area (Å²) >= 11 is 0. The first-order valence-electron chi connectivity index (χ1n) is 6.01. The molecule has 6 nitrogen and oxygen atoms in total. The van der Waals surface area contributed by atoms with Crippen molar-refractivity contribution in [3.05, 3.63) is 17.5 Å². The Labute approximate surface area is 105 Å². The molecule has 2 rings (SSSR count). The molecule has 1 fully saturated rings. The van der Waals surface area contributed by atoms with Crippen LogP contribution in [0.4, 0.5) is 0 Å². The van der Waals surface area contributed by atoms with Crippen molar-refractivity contribution in [1.29, 1.82) is 0 Å². The number of aromatic amines is 1. The molecule has 18 heavy (non-hydrogen) atoms. The number of hydrogen-bond donors (Lipinski definition) is 1. The topological polar surface area (TPSA) is 75.3 Å². The molecule has 98 valence electrons. The lowest BCUT2D eigenvalue weighted by Crippen LogP contribution is -2.42. The monoisotopic (exact) mass is 251 g/mol. The van der Waals surface area contributed by atoms with Crippen LogP contribution in [0.3, 0.4) is 0 Å². The number of piperidine rings is 1. The van der Waals surface area contributed by atoms with E-state index in [4.69, 9.17) is 4.74 Å². The summed E-state index contributed by atoms with van der Waals surface area (Å²) in [6, 6.07) is 1.71. The predicted octanol–water partition coefficient (Wildman–Crippen LogP) is 0.743. The first-order valence-corrected chi connectivity index (χ1v) is 6.01. The molecule has 1 aliphatic heterocycles. The molecule has 1 amide bonds. The highest BCUT2D eigenvalue weighted by Gasteiger charge is 2.30. The Morgan fingerprint density at radius 3 is 2.94 bits per heavy atom. The summed E-state index contributed by atoms with van der Waals surface area (Å²) in [5.74, 6) is -0.591. The van der Waals surface area contributed by atoms with E-state index < -0.39 is 0 Å². The number of nitrogens with one attached hydrogen (secondary N) is 1. The fourth-order valence-electron chi connectivity index (χ4n) is 2.21. The van der Waals surface area contributed by atoms with E-state index in [9.17, 15) is 9.59 Å². The molecule has 1 aromatic rings. The summed E-state index contributed by atoms with van der Waals surface area (Å²) in [6.07, 6.45) is 1.59. The van der Waals surface area contributed by atoms with Crippen LogP contribution in [0.2, 0.25) is 0 Å². The van der Waals surface area contributed by atoms with Crippen LogP contribution in [-0.4, -0.2) is 47.2 Å². The number of carbonyl (C=O) groups excluding carboxylic acids is 2. The molecule has 0 aliphatic carbocycles. The third-order valence-electron chi connectivity index (χ3n) is 3.17. The highest BCUT2D eigenvalue weighted by Crippen LogP contribution is 2.19. The standard InChI is InChI=1S/C12H17N3O3/c1-8-6-10(14-13-8)11(16)15-5-3-4-9(7-15)12(17)18-2/h6,9H,3-5,7H2,1-2H3,(H,13,14)/t9-/m0/s1. The number of amides is 1. The minimum Gasteiger partial charge on any atom is -0.469 e. The second-order valence-electron chi connectivity index (χ2n) is 4.55. The molecule has 0 spiro atoms. The van der Waals surface area contributed by atoms with Crippen LogP contribution >= 0.6 is 0 Å². The van der Waals surface area contributed by atoms with Gasteiger partial charge in [0.25, 0.3) is 5.91 Å². The summed E-state index contributed by atoms with van der Waals surface area (Å²) in [6.45, 7) is 2.92. The van der Waals surface area contributed by atoms with Gasteiger partial charge in [0, 0.05) is 18.8 Å². The maximum absolute atomic E-state index is 12.2. The van der Waals surface area contributed by atoms with Gasteiger partial charge in [-0.25, -0.2) is 0 Å². The fraction of sp³-hybridized carbons (Fsp3) is 0.583. The third-order valence-corrected chi connectivity index (χ3v) is 3.17.